The fourth-order valence-electron chi connectivity index (χ4n) is 2.19. The average molecular weight is 306 g/mol. The fraction of sp³-hybridized carbons (Fsp3) is 0.429. The summed E-state index contributed by atoms with van der Waals surface area (Å²) in [5.41, 5.74) is 1.26. The van der Waals surface area contributed by atoms with Gasteiger partial charge in [-0.2, -0.15) is 5.10 Å². The topological polar surface area (TPSA) is 30.7 Å². The van der Waals surface area contributed by atoms with Gasteiger partial charge in [0, 0.05) is 10.4 Å². The zero-order valence-corrected chi connectivity index (χ0v) is 12.0. The Bertz CT molecular complexity index is 541. The van der Waals surface area contributed by atoms with E-state index >= 15 is 0 Å². The van der Waals surface area contributed by atoms with Crippen molar-refractivity contribution in [1.29, 1.82) is 0 Å². The summed E-state index contributed by atoms with van der Waals surface area (Å²) < 4.78 is 3.12. The van der Waals surface area contributed by atoms with Crippen molar-refractivity contribution in [3.05, 3.63) is 46.0 Å². The highest BCUT2D eigenvalue weighted by Crippen LogP contribution is 2.34. The highest BCUT2D eigenvalue weighted by atomic mass is 79.9. The molecule has 0 aliphatic heterocycles. The summed E-state index contributed by atoms with van der Waals surface area (Å²) >= 11 is 3.45. The minimum Gasteiger partial charge on any atom is -0.246 e. The first-order valence-corrected chi connectivity index (χ1v) is 7.17. The smallest absolute Gasteiger partial charge is 0.154 e. The van der Waals surface area contributed by atoms with Crippen LogP contribution in [0.25, 0.3) is 0 Å². The van der Waals surface area contributed by atoms with Gasteiger partial charge in [-0.15, -0.1) is 0 Å². The molecule has 4 heteroatoms. The maximum absolute atomic E-state index is 4.64. The normalized spacial score (nSPS) is 15.7. The van der Waals surface area contributed by atoms with E-state index < -0.39 is 0 Å². The quantitative estimate of drug-likeness (QED) is 0.866. The van der Waals surface area contributed by atoms with Gasteiger partial charge in [0.15, 0.2) is 5.82 Å². The van der Waals surface area contributed by atoms with Crippen LogP contribution in [0.2, 0.25) is 0 Å². The first-order valence-electron chi connectivity index (χ1n) is 6.38. The summed E-state index contributed by atoms with van der Waals surface area (Å²) in [5, 5.41) is 4.64. The predicted molar refractivity (Wildman–Crippen MR) is 74.6 cm³/mol. The average Bonchev–Trinajstić information content (AvgIpc) is 2.61. The summed E-state index contributed by atoms with van der Waals surface area (Å²) in [5.74, 6) is 2.66. The summed E-state index contributed by atoms with van der Waals surface area (Å²) in [6, 6.07) is 8.37. The van der Waals surface area contributed by atoms with Crippen LogP contribution in [0.15, 0.2) is 28.7 Å². The number of aromatic nitrogens is 3. The first-order chi connectivity index (χ1) is 8.72. The number of halogens is 1. The minimum atomic E-state index is 0.606. The molecule has 0 N–H and O–H groups in total. The standard InChI is InChI=1S/C14H16BrN3/c1-10-16-14(12-3-2-4-12)17-18(10)9-11-5-7-13(15)8-6-11/h5-8,12H,2-4,9H2,1H3. The number of hydrogen-bond donors (Lipinski definition) is 0. The molecular weight excluding hydrogens is 290 g/mol. The van der Waals surface area contributed by atoms with Gasteiger partial charge in [0.2, 0.25) is 0 Å². The van der Waals surface area contributed by atoms with Crippen LogP contribution in [0.4, 0.5) is 0 Å². The molecule has 1 aliphatic rings. The molecule has 18 heavy (non-hydrogen) atoms. The van der Waals surface area contributed by atoms with E-state index in [0.717, 1.165) is 22.7 Å². The third-order valence-corrected chi connectivity index (χ3v) is 4.12. The molecule has 0 atom stereocenters. The van der Waals surface area contributed by atoms with E-state index in [-0.39, 0.29) is 0 Å². The molecule has 1 aromatic carbocycles. The molecular formula is C14H16BrN3. The Kier molecular flexibility index (Phi) is 3.20. The van der Waals surface area contributed by atoms with Crippen molar-refractivity contribution in [1.82, 2.24) is 14.8 Å². The minimum absolute atomic E-state index is 0.606. The van der Waals surface area contributed by atoms with Crippen molar-refractivity contribution >= 4 is 15.9 Å². The third kappa shape index (κ3) is 2.34. The van der Waals surface area contributed by atoms with Gasteiger partial charge in [0.1, 0.15) is 5.82 Å². The molecule has 3 nitrogen and oxygen atoms in total. The van der Waals surface area contributed by atoms with Crippen molar-refractivity contribution in [3.63, 3.8) is 0 Å². The second kappa shape index (κ2) is 4.84. The molecule has 1 heterocycles. The number of benzene rings is 1. The van der Waals surface area contributed by atoms with E-state index in [0.29, 0.717) is 5.92 Å². The van der Waals surface area contributed by atoms with Gasteiger partial charge in [-0.05, 0) is 37.5 Å². The van der Waals surface area contributed by atoms with Crippen molar-refractivity contribution < 1.29 is 0 Å². The maximum Gasteiger partial charge on any atom is 0.154 e. The first kappa shape index (κ1) is 11.9. The Morgan fingerprint density at radius 2 is 2.00 bits per heavy atom. The molecule has 3 rings (SSSR count). The number of hydrogen-bond acceptors (Lipinski definition) is 2. The van der Waals surface area contributed by atoms with Gasteiger partial charge in [0.05, 0.1) is 6.54 Å². The lowest BCUT2D eigenvalue weighted by molar-refractivity contribution is 0.399. The number of nitrogens with zero attached hydrogens (tertiary/aromatic N) is 3. The lowest BCUT2D eigenvalue weighted by Gasteiger charge is -2.21. The van der Waals surface area contributed by atoms with Crippen LogP contribution < -0.4 is 0 Å². The SMILES string of the molecule is Cc1nc(C2CCC2)nn1Cc1ccc(Br)cc1. The molecule has 0 amide bonds. The lowest BCUT2D eigenvalue weighted by Crippen LogP contribution is -2.11. The Morgan fingerprint density at radius 1 is 1.28 bits per heavy atom. The Morgan fingerprint density at radius 3 is 2.61 bits per heavy atom. The molecule has 1 fully saturated rings. The molecule has 0 bridgehead atoms. The van der Waals surface area contributed by atoms with Crippen molar-refractivity contribution in [2.24, 2.45) is 0 Å². The van der Waals surface area contributed by atoms with Crippen LogP contribution >= 0.6 is 15.9 Å². The van der Waals surface area contributed by atoms with Crippen molar-refractivity contribution in [2.75, 3.05) is 0 Å². The fourth-order valence-corrected chi connectivity index (χ4v) is 2.46. The van der Waals surface area contributed by atoms with Crippen LogP contribution in [0.5, 0.6) is 0 Å². The second-order valence-corrected chi connectivity index (χ2v) is 5.84. The van der Waals surface area contributed by atoms with Crippen molar-refractivity contribution in [3.8, 4) is 0 Å². The molecule has 1 saturated carbocycles. The molecule has 0 spiro atoms. The third-order valence-electron chi connectivity index (χ3n) is 3.59. The zero-order valence-electron chi connectivity index (χ0n) is 10.4. The van der Waals surface area contributed by atoms with Gasteiger partial charge < -0.3 is 0 Å². The summed E-state index contributed by atoms with van der Waals surface area (Å²) in [4.78, 5) is 4.59. The monoisotopic (exact) mass is 305 g/mol. The molecule has 0 unspecified atom stereocenters. The summed E-state index contributed by atoms with van der Waals surface area (Å²) in [6.45, 7) is 2.84. The van der Waals surface area contributed by atoms with Gasteiger partial charge in [0.25, 0.3) is 0 Å². The molecule has 2 aromatic rings. The lowest BCUT2D eigenvalue weighted by atomic mass is 9.85. The predicted octanol–water partition coefficient (Wildman–Crippen LogP) is 3.66. The Hall–Kier alpha value is -1.16. The molecule has 0 radical (unpaired) electrons. The van der Waals surface area contributed by atoms with Gasteiger partial charge in [-0.1, -0.05) is 34.5 Å². The Labute approximate surface area is 115 Å². The summed E-state index contributed by atoms with van der Waals surface area (Å²) in [6.07, 6.45) is 3.83. The highest BCUT2D eigenvalue weighted by Gasteiger charge is 2.24. The maximum atomic E-state index is 4.64. The zero-order chi connectivity index (χ0) is 12.5. The van der Waals surface area contributed by atoms with Crippen LogP contribution in [0, 0.1) is 6.92 Å². The van der Waals surface area contributed by atoms with Crippen LogP contribution in [-0.4, -0.2) is 14.8 Å². The van der Waals surface area contributed by atoms with E-state index in [4.69, 9.17) is 0 Å². The van der Waals surface area contributed by atoms with Crippen LogP contribution in [-0.2, 0) is 6.54 Å². The van der Waals surface area contributed by atoms with E-state index in [2.05, 4.69) is 50.3 Å². The molecule has 1 aliphatic carbocycles. The van der Waals surface area contributed by atoms with E-state index in [1.54, 1.807) is 0 Å². The molecule has 94 valence electrons. The van der Waals surface area contributed by atoms with Crippen molar-refractivity contribution in [2.45, 2.75) is 38.6 Å². The number of aryl methyl sites for hydroxylation is 1. The molecule has 1 aromatic heterocycles. The largest absolute Gasteiger partial charge is 0.246 e. The van der Waals surface area contributed by atoms with Gasteiger partial charge in [-0.3, -0.25) is 0 Å². The summed E-state index contributed by atoms with van der Waals surface area (Å²) in [7, 11) is 0. The second-order valence-electron chi connectivity index (χ2n) is 4.93. The molecule has 0 saturated heterocycles. The van der Waals surface area contributed by atoms with E-state index in [1.165, 1.54) is 24.8 Å². The van der Waals surface area contributed by atoms with Gasteiger partial charge in [-0.25, -0.2) is 9.67 Å². The van der Waals surface area contributed by atoms with Crippen LogP contribution in [0.3, 0.4) is 0 Å². The van der Waals surface area contributed by atoms with E-state index in [9.17, 15) is 0 Å². The number of rotatable bonds is 3. The van der Waals surface area contributed by atoms with E-state index in [1.807, 2.05) is 11.6 Å². The highest BCUT2D eigenvalue weighted by molar-refractivity contribution is 9.10. The van der Waals surface area contributed by atoms with Crippen LogP contribution in [0.1, 0.15) is 42.4 Å². The van der Waals surface area contributed by atoms with Gasteiger partial charge >= 0.3 is 0 Å². The Balaban J connectivity index is 1.79.